The zero-order valence-electron chi connectivity index (χ0n) is 15.8. The number of Topliss-reactive ketones (excluding diaryl/α,β-unsaturated/α-hetero) is 1. The maximum absolute atomic E-state index is 12.7. The highest BCUT2D eigenvalue weighted by atomic mass is 35.5. The molecule has 3 aromatic rings. The molecule has 2 aromatic carbocycles. The molecule has 4 rings (SSSR count). The van der Waals surface area contributed by atoms with Gasteiger partial charge in [-0.1, -0.05) is 25.4 Å². The normalized spacial score (nSPS) is 16.2. The second kappa shape index (κ2) is 6.36. The van der Waals surface area contributed by atoms with Gasteiger partial charge in [-0.05, 0) is 54.3 Å². The van der Waals surface area contributed by atoms with Gasteiger partial charge < -0.3 is 4.42 Å². The van der Waals surface area contributed by atoms with Crippen LogP contribution >= 0.6 is 11.6 Å². The molecule has 0 radical (unpaired) electrons. The van der Waals surface area contributed by atoms with Crippen molar-refractivity contribution in [1.29, 1.82) is 0 Å². The Bertz CT molecular complexity index is 1220. The number of carbonyl (C=O) groups excluding carboxylic acids is 1. The summed E-state index contributed by atoms with van der Waals surface area (Å²) in [5.41, 5.74) is 2.06. The molecule has 5 nitrogen and oxygen atoms in total. The number of hydrogen-bond donors (Lipinski definition) is 1. The van der Waals surface area contributed by atoms with Gasteiger partial charge in [0, 0.05) is 28.9 Å². The maximum Gasteiger partial charge on any atom is 0.261 e. The fraction of sp³-hybridized carbons (Fsp3) is 0.286. The summed E-state index contributed by atoms with van der Waals surface area (Å²) >= 11 is 5.99. The van der Waals surface area contributed by atoms with Crippen molar-refractivity contribution in [2.75, 3.05) is 4.72 Å². The van der Waals surface area contributed by atoms with Crippen molar-refractivity contribution >= 4 is 44.1 Å². The summed E-state index contributed by atoms with van der Waals surface area (Å²) < 4.78 is 33.9. The fourth-order valence-electron chi connectivity index (χ4n) is 3.66. The number of halogens is 1. The second-order valence-corrected chi connectivity index (χ2v) is 10.2. The molecular formula is C21H20ClNO4S. The molecule has 1 N–H and O–H groups in total. The third-order valence-electron chi connectivity index (χ3n) is 5.01. The highest BCUT2D eigenvalue weighted by Gasteiger charge is 2.35. The number of fused-ring (bicyclic) bond motifs is 3. The average molecular weight is 418 g/mol. The van der Waals surface area contributed by atoms with E-state index in [-0.39, 0.29) is 16.1 Å². The Morgan fingerprint density at radius 3 is 2.57 bits per heavy atom. The molecule has 0 saturated carbocycles. The Labute approximate surface area is 168 Å². The minimum atomic E-state index is -3.78. The summed E-state index contributed by atoms with van der Waals surface area (Å²) in [6, 6.07) is 9.53. The lowest BCUT2D eigenvalue weighted by atomic mass is 9.76. The number of anilines is 1. The third-order valence-corrected chi connectivity index (χ3v) is 6.81. The number of benzene rings is 2. The van der Waals surface area contributed by atoms with Gasteiger partial charge in [-0.25, -0.2) is 8.42 Å². The van der Waals surface area contributed by atoms with Crippen LogP contribution in [0.25, 0.3) is 11.0 Å². The van der Waals surface area contributed by atoms with Crippen molar-refractivity contribution in [3.05, 3.63) is 58.3 Å². The largest absolute Gasteiger partial charge is 0.460 e. The minimum absolute atomic E-state index is 0.0262. The molecule has 1 aliphatic carbocycles. The van der Waals surface area contributed by atoms with E-state index in [0.29, 0.717) is 51.4 Å². The van der Waals surface area contributed by atoms with Gasteiger partial charge in [-0.15, -0.1) is 0 Å². The Kier molecular flexibility index (Phi) is 4.32. The first kappa shape index (κ1) is 19.0. The number of ketones is 1. The van der Waals surface area contributed by atoms with E-state index in [1.165, 1.54) is 12.1 Å². The van der Waals surface area contributed by atoms with Crippen LogP contribution in [-0.2, 0) is 16.4 Å². The smallest absolute Gasteiger partial charge is 0.261 e. The van der Waals surface area contributed by atoms with E-state index in [4.69, 9.17) is 16.0 Å². The molecule has 0 saturated heterocycles. The number of furan rings is 1. The monoisotopic (exact) mass is 417 g/mol. The first-order valence-electron chi connectivity index (χ1n) is 8.93. The van der Waals surface area contributed by atoms with Gasteiger partial charge in [-0.2, -0.15) is 0 Å². The zero-order valence-corrected chi connectivity index (χ0v) is 17.4. The predicted molar refractivity (Wildman–Crippen MR) is 110 cm³/mol. The summed E-state index contributed by atoms with van der Waals surface area (Å²) in [5, 5.41) is 1.15. The summed E-state index contributed by atoms with van der Waals surface area (Å²) in [6.45, 7) is 5.82. The van der Waals surface area contributed by atoms with Gasteiger partial charge >= 0.3 is 0 Å². The number of sulfonamides is 1. The molecule has 0 fully saturated rings. The van der Waals surface area contributed by atoms with Crippen LogP contribution in [0.1, 0.15) is 41.9 Å². The molecule has 0 atom stereocenters. The summed E-state index contributed by atoms with van der Waals surface area (Å²) in [5.74, 6) is 0.697. The van der Waals surface area contributed by atoms with Crippen molar-refractivity contribution in [1.82, 2.24) is 0 Å². The molecule has 1 aliphatic rings. The topological polar surface area (TPSA) is 76.4 Å². The summed E-state index contributed by atoms with van der Waals surface area (Å²) in [7, 11) is -3.78. The van der Waals surface area contributed by atoms with Gasteiger partial charge in [0.05, 0.1) is 10.5 Å². The molecule has 0 amide bonds. The minimum Gasteiger partial charge on any atom is -0.460 e. The quantitative estimate of drug-likeness (QED) is 0.623. The van der Waals surface area contributed by atoms with Crippen LogP contribution in [0.4, 0.5) is 5.69 Å². The van der Waals surface area contributed by atoms with Gasteiger partial charge in [0.15, 0.2) is 5.78 Å². The molecule has 1 heterocycles. The Hall–Kier alpha value is -2.31. The molecule has 146 valence electrons. The van der Waals surface area contributed by atoms with E-state index in [1.54, 1.807) is 31.2 Å². The van der Waals surface area contributed by atoms with Crippen molar-refractivity contribution in [2.45, 2.75) is 38.5 Å². The average Bonchev–Trinajstić information content (AvgIpc) is 2.93. The Morgan fingerprint density at radius 1 is 1.11 bits per heavy atom. The van der Waals surface area contributed by atoms with E-state index in [1.807, 2.05) is 13.8 Å². The molecular weight excluding hydrogens is 398 g/mol. The zero-order chi connectivity index (χ0) is 20.3. The van der Waals surface area contributed by atoms with Crippen LogP contribution in [0.15, 0.2) is 45.7 Å². The summed E-state index contributed by atoms with van der Waals surface area (Å²) in [4.78, 5) is 12.8. The van der Waals surface area contributed by atoms with Crippen LogP contribution in [-0.4, -0.2) is 14.2 Å². The van der Waals surface area contributed by atoms with E-state index in [0.717, 1.165) is 0 Å². The maximum atomic E-state index is 12.7. The Balaban J connectivity index is 1.73. The molecule has 7 heteroatoms. The van der Waals surface area contributed by atoms with E-state index in [2.05, 4.69) is 4.72 Å². The highest BCUT2D eigenvalue weighted by Crippen LogP contribution is 2.40. The third kappa shape index (κ3) is 3.31. The van der Waals surface area contributed by atoms with Crippen molar-refractivity contribution < 1.29 is 17.6 Å². The van der Waals surface area contributed by atoms with Crippen LogP contribution < -0.4 is 4.72 Å². The lowest BCUT2D eigenvalue weighted by Gasteiger charge is -2.27. The van der Waals surface area contributed by atoms with E-state index in [9.17, 15) is 13.2 Å². The van der Waals surface area contributed by atoms with E-state index < -0.39 is 10.0 Å². The molecule has 0 bridgehead atoms. The lowest BCUT2D eigenvalue weighted by molar-refractivity contribution is 0.0906. The number of rotatable bonds is 3. The van der Waals surface area contributed by atoms with Gasteiger partial charge in [0.25, 0.3) is 10.0 Å². The number of aryl methyl sites for hydroxylation is 1. The number of nitrogens with one attached hydrogen (secondary N) is 1. The van der Waals surface area contributed by atoms with E-state index >= 15 is 0 Å². The second-order valence-electron chi connectivity index (χ2n) is 8.07. The fourth-order valence-corrected chi connectivity index (χ4v) is 4.91. The summed E-state index contributed by atoms with van der Waals surface area (Å²) in [6.07, 6.45) is 1.11. The molecule has 28 heavy (non-hydrogen) atoms. The molecule has 0 spiro atoms. The van der Waals surface area contributed by atoms with Gasteiger partial charge in [0.1, 0.15) is 11.3 Å². The molecule has 0 unspecified atom stereocenters. The van der Waals surface area contributed by atoms with Crippen LogP contribution in [0.2, 0.25) is 5.02 Å². The molecule has 0 aliphatic heterocycles. The van der Waals surface area contributed by atoms with Gasteiger partial charge in [0.2, 0.25) is 0 Å². The van der Waals surface area contributed by atoms with Crippen LogP contribution in [0.5, 0.6) is 0 Å². The highest BCUT2D eigenvalue weighted by molar-refractivity contribution is 7.92. The van der Waals surface area contributed by atoms with Crippen molar-refractivity contribution in [2.24, 2.45) is 5.41 Å². The van der Waals surface area contributed by atoms with Crippen molar-refractivity contribution in [3.8, 4) is 0 Å². The first-order chi connectivity index (χ1) is 13.1. The van der Waals surface area contributed by atoms with Gasteiger partial charge in [-0.3, -0.25) is 9.52 Å². The van der Waals surface area contributed by atoms with Crippen LogP contribution in [0.3, 0.4) is 0 Å². The SMILES string of the molecule is Cc1cc(S(=O)(=O)Nc2ccc3oc4c(c3c2)C(=O)CC(C)(C)C4)ccc1Cl. The Morgan fingerprint density at radius 2 is 1.86 bits per heavy atom. The number of carbonyl (C=O) groups is 1. The standard InChI is InChI=1S/C21H20ClNO4S/c1-12-8-14(5-6-16(12)22)28(25,26)23-13-4-7-18-15(9-13)20-17(24)10-21(2,3)11-19(20)27-18/h4-9,23H,10-11H2,1-3H3. The number of hydrogen-bond acceptors (Lipinski definition) is 4. The molecule has 1 aromatic heterocycles. The predicted octanol–water partition coefficient (Wildman–Crippen LogP) is 5.35. The first-order valence-corrected chi connectivity index (χ1v) is 10.8. The van der Waals surface area contributed by atoms with Crippen LogP contribution in [0, 0.1) is 12.3 Å². The lowest BCUT2D eigenvalue weighted by Crippen LogP contribution is -2.25. The van der Waals surface area contributed by atoms with Crippen molar-refractivity contribution in [3.63, 3.8) is 0 Å².